The molecule has 1 aliphatic heterocycles. The van der Waals surface area contributed by atoms with Gasteiger partial charge in [-0.3, -0.25) is 0 Å². The zero-order valence-corrected chi connectivity index (χ0v) is 8.88. The number of hydrogen-bond donors (Lipinski definition) is 1. The molecule has 0 radical (unpaired) electrons. The monoisotopic (exact) mass is 218 g/mol. The van der Waals surface area contributed by atoms with Crippen molar-refractivity contribution in [1.29, 1.82) is 0 Å². The molecule has 80 valence electrons. The summed E-state index contributed by atoms with van der Waals surface area (Å²) in [6.07, 6.45) is 5.09. The number of rotatable bonds is 3. The maximum absolute atomic E-state index is 11.6. The van der Waals surface area contributed by atoms with Crippen LogP contribution < -0.4 is 4.72 Å². The molecule has 1 saturated heterocycles. The van der Waals surface area contributed by atoms with Gasteiger partial charge < -0.3 is 4.74 Å². The Morgan fingerprint density at radius 3 is 2.57 bits per heavy atom. The maximum Gasteiger partial charge on any atom is 0.280 e. The zero-order valence-electron chi connectivity index (χ0n) is 8.06. The van der Waals surface area contributed by atoms with Gasteiger partial charge in [-0.25, -0.2) is 0 Å². The van der Waals surface area contributed by atoms with E-state index in [4.69, 9.17) is 11.2 Å². The minimum Gasteiger partial charge on any atom is -0.379 e. The molecule has 0 spiro atoms. The molecular weight excluding hydrogens is 204 g/mol. The van der Waals surface area contributed by atoms with Crippen LogP contribution in [0.2, 0.25) is 0 Å². The van der Waals surface area contributed by atoms with E-state index >= 15 is 0 Å². The first-order valence-electron chi connectivity index (χ1n) is 4.37. The van der Waals surface area contributed by atoms with Crippen molar-refractivity contribution >= 4 is 10.2 Å². The lowest BCUT2D eigenvalue weighted by Crippen LogP contribution is -2.48. The number of nitrogens with zero attached hydrogens (tertiary/aromatic N) is 1. The van der Waals surface area contributed by atoms with Gasteiger partial charge in [0, 0.05) is 13.1 Å². The predicted octanol–water partition coefficient (Wildman–Crippen LogP) is -0.825. The van der Waals surface area contributed by atoms with Gasteiger partial charge in [-0.15, -0.1) is 6.42 Å². The fourth-order valence-corrected chi connectivity index (χ4v) is 2.41. The van der Waals surface area contributed by atoms with Crippen LogP contribution in [-0.2, 0) is 14.9 Å². The van der Waals surface area contributed by atoms with E-state index in [1.165, 1.54) is 4.31 Å². The quantitative estimate of drug-likeness (QED) is 0.629. The molecule has 5 nitrogen and oxygen atoms in total. The normalized spacial score (nSPS) is 21.4. The average molecular weight is 218 g/mol. The number of hydrogen-bond acceptors (Lipinski definition) is 3. The van der Waals surface area contributed by atoms with Gasteiger partial charge in [-0.2, -0.15) is 17.4 Å². The van der Waals surface area contributed by atoms with Crippen LogP contribution in [0.25, 0.3) is 0 Å². The third kappa shape index (κ3) is 2.96. The first-order valence-corrected chi connectivity index (χ1v) is 5.81. The summed E-state index contributed by atoms with van der Waals surface area (Å²) in [6, 6.07) is -0.483. The summed E-state index contributed by atoms with van der Waals surface area (Å²) >= 11 is 0. The lowest BCUT2D eigenvalue weighted by atomic mass is 10.4. The van der Waals surface area contributed by atoms with Crippen molar-refractivity contribution in [3.63, 3.8) is 0 Å². The van der Waals surface area contributed by atoms with Crippen molar-refractivity contribution < 1.29 is 13.2 Å². The van der Waals surface area contributed by atoms with E-state index < -0.39 is 16.3 Å². The Morgan fingerprint density at radius 2 is 2.07 bits per heavy atom. The molecule has 1 aliphatic rings. The van der Waals surface area contributed by atoms with E-state index in [0.717, 1.165) is 0 Å². The lowest BCUT2D eigenvalue weighted by Gasteiger charge is -2.26. The molecule has 0 bridgehead atoms. The number of morpholine rings is 1. The first-order chi connectivity index (χ1) is 6.56. The van der Waals surface area contributed by atoms with E-state index in [1.54, 1.807) is 6.92 Å². The van der Waals surface area contributed by atoms with Gasteiger partial charge in [-0.1, -0.05) is 5.92 Å². The van der Waals surface area contributed by atoms with Gasteiger partial charge in [0.2, 0.25) is 0 Å². The molecule has 1 fully saturated rings. The van der Waals surface area contributed by atoms with Crippen molar-refractivity contribution in [2.24, 2.45) is 0 Å². The van der Waals surface area contributed by atoms with Crippen LogP contribution >= 0.6 is 0 Å². The van der Waals surface area contributed by atoms with E-state index in [2.05, 4.69) is 10.6 Å². The van der Waals surface area contributed by atoms with Crippen LogP contribution in [0, 0.1) is 12.3 Å². The second-order valence-corrected chi connectivity index (χ2v) is 4.72. The zero-order chi connectivity index (χ0) is 10.6. The Balaban J connectivity index is 2.60. The Morgan fingerprint density at radius 1 is 1.50 bits per heavy atom. The maximum atomic E-state index is 11.6. The van der Waals surface area contributed by atoms with Crippen molar-refractivity contribution in [2.75, 3.05) is 26.3 Å². The molecule has 0 aliphatic carbocycles. The first kappa shape index (κ1) is 11.5. The SMILES string of the molecule is C#CC(C)NS(=O)(=O)N1CCOCC1. The topological polar surface area (TPSA) is 58.6 Å². The third-order valence-corrected chi connectivity index (χ3v) is 3.58. The van der Waals surface area contributed by atoms with Gasteiger partial charge in [-0.05, 0) is 6.92 Å². The minimum atomic E-state index is -3.43. The molecule has 1 unspecified atom stereocenters. The standard InChI is InChI=1S/C8H14N2O3S/c1-3-8(2)9-14(11,12)10-4-6-13-7-5-10/h1,8-9H,4-7H2,2H3. The summed E-state index contributed by atoms with van der Waals surface area (Å²) in [5.74, 6) is 2.31. The molecule has 1 atom stereocenters. The highest BCUT2D eigenvalue weighted by Crippen LogP contribution is 2.03. The van der Waals surface area contributed by atoms with Crippen LogP contribution in [0.5, 0.6) is 0 Å². The van der Waals surface area contributed by atoms with Gasteiger partial charge in [0.15, 0.2) is 0 Å². The number of nitrogens with one attached hydrogen (secondary N) is 1. The molecule has 0 aromatic carbocycles. The molecule has 0 aromatic rings. The van der Waals surface area contributed by atoms with E-state index in [0.29, 0.717) is 26.3 Å². The predicted molar refractivity (Wildman–Crippen MR) is 52.7 cm³/mol. The van der Waals surface area contributed by atoms with Crippen molar-refractivity contribution in [2.45, 2.75) is 13.0 Å². The summed E-state index contributed by atoms with van der Waals surface area (Å²) in [7, 11) is -3.43. The molecule has 1 N–H and O–H groups in total. The summed E-state index contributed by atoms with van der Waals surface area (Å²) in [5.41, 5.74) is 0. The highest BCUT2D eigenvalue weighted by atomic mass is 32.2. The Hall–Kier alpha value is -0.610. The average Bonchev–Trinajstić information content (AvgIpc) is 2.18. The van der Waals surface area contributed by atoms with Crippen molar-refractivity contribution in [3.8, 4) is 12.3 Å². The van der Waals surface area contributed by atoms with Gasteiger partial charge >= 0.3 is 0 Å². The van der Waals surface area contributed by atoms with Crippen LogP contribution in [0.1, 0.15) is 6.92 Å². The largest absolute Gasteiger partial charge is 0.379 e. The molecule has 0 aromatic heterocycles. The molecule has 0 amide bonds. The summed E-state index contributed by atoms with van der Waals surface area (Å²) in [4.78, 5) is 0. The Labute approximate surface area is 84.6 Å². The molecule has 6 heteroatoms. The summed E-state index contributed by atoms with van der Waals surface area (Å²) < 4.78 is 32.0. The fraction of sp³-hybridized carbons (Fsp3) is 0.750. The second-order valence-electron chi connectivity index (χ2n) is 3.02. The number of ether oxygens (including phenoxy) is 1. The lowest BCUT2D eigenvalue weighted by molar-refractivity contribution is 0.0724. The van der Waals surface area contributed by atoms with Crippen LogP contribution in [0.3, 0.4) is 0 Å². The summed E-state index contributed by atoms with van der Waals surface area (Å²) in [6.45, 7) is 3.26. The van der Waals surface area contributed by atoms with Crippen LogP contribution in [-0.4, -0.2) is 45.1 Å². The molecule has 0 saturated carbocycles. The van der Waals surface area contributed by atoms with E-state index in [-0.39, 0.29) is 0 Å². The highest BCUT2D eigenvalue weighted by molar-refractivity contribution is 7.87. The fourth-order valence-electron chi connectivity index (χ4n) is 1.12. The molecule has 1 rings (SSSR count). The van der Waals surface area contributed by atoms with Crippen LogP contribution in [0.15, 0.2) is 0 Å². The van der Waals surface area contributed by atoms with Gasteiger partial charge in [0.25, 0.3) is 10.2 Å². The Kier molecular flexibility index (Phi) is 3.89. The second kappa shape index (κ2) is 4.75. The van der Waals surface area contributed by atoms with Gasteiger partial charge in [0.1, 0.15) is 0 Å². The van der Waals surface area contributed by atoms with Crippen molar-refractivity contribution in [1.82, 2.24) is 9.03 Å². The third-order valence-electron chi connectivity index (χ3n) is 1.89. The van der Waals surface area contributed by atoms with Gasteiger partial charge in [0.05, 0.1) is 19.3 Å². The summed E-state index contributed by atoms with van der Waals surface area (Å²) in [5, 5.41) is 0. The van der Waals surface area contributed by atoms with Crippen LogP contribution in [0.4, 0.5) is 0 Å². The molecule has 1 heterocycles. The molecular formula is C8H14N2O3S. The highest BCUT2D eigenvalue weighted by Gasteiger charge is 2.24. The van der Waals surface area contributed by atoms with Crippen molar-refractivity contribution in [3.05, 3.63) is 0 Å². The molecule has 14 heavy (non-hydrogen) atoms. The smallest absolute Gasteiger partial charge is 0.280 e. The minimum absolute atomic E-state index is 0.382. The van der Waals surface area contributed by atoms with E-state index in [1.807, 2.05) is 0 Å². The number of terminal acetylenes is 1. The van der Waals surface area contributed by atoms with E-state index in [9.17, 15) is 8.42 Å². The Bertz CT molecular complexity index is 314.